The van der Waals surface area contributed by atoms with Crippen molar-refractivity contribution in [1.29, 1.82) is 5.26 Å². The first kappa shape index (κ1) is 18.8. The van der Waals surface area contributed by atoms with Crippen LogP contribution in [0.1, 0.15) is 18.4 Å². The molecule has 4 rings (SSSR count). The maximum Gasteiger partial charge on any atom is 0.265 e. The van der Waals surface area contributed by atoms with Crippen LogP contribution in [0.3, 0.4) is 0 Å². The minimum atomic E-state index is -3.80. The van der Waals surface area contributed by atoms with E-state index >= 15 is 0 Å². The fourth-order valence-corrected chi connectivity index (χ4v) is 5.66. The minimum absolute atomic E-state index is 0.0674. The average Bonchev–Trinajstić information content (AvgIpc) is 3.25. The zero-order valence-electron chi connectivity index (χ0n) is 15.8. The Morgan fingerprint density at radius 3 is 2.29 bits per heavy atom. The molecule has 0 N–H and O–H groups in total. The van der Waals surface area contributed by atoms with E-state index in [1.165, 1.54) is 23.2 Å². The Labute approximate surface area is 166 Å². The molecule has 1 fully saturated rings. The van der Waals surface area contributed by atoms with E-state index in [4.69, 9.17) is 0 Å². The summed E-state index contributed by atoms with van der Waals surface area (Å²) in [6, 6.07) is 16.0. The van der Waals surface area contributed by atoms with E-state index in [1.807, 2.05) is 30.3 Å². The highest BCUT2D eigenvalue weighted by Crippen LogP contribution is 2.36. The van der Waals surface area contributed by atoms with Crippen LogP contribution in [-0.2, 0) is 10.0 Å². The van der Waals surface area contributed by atoms with Crippen LogP contribution in [0.2, 0.25) is 0 Å². The largest absolute Gasteiger partial charge is 0.367 e. The van der Waals surface area contributed by atoms with Crippen LogP contribution in [0.15, 0.2) is 53.4 Å². The van der Waals surface area contributed by atoms with Crippen LogP contribution in [0, 0.1) is 11.3 Å². The summed E-state index contributed by atoms with van der Waals surface area (Å²) in [5.41, 5.74) is 1.80. The number of likely N-dealkylation sites (tertiary alicyclic amines) is 1. The molecule has 0 atom stereocenters. The van der Waals surface area contributed by atoms with Crippen LogP contribution in [0.25, 0.3) is 0 Å². The standard InChI is InChI=1S/C21H24N4O2S/c22-17-18-7-1-4-10-21(18)28(26,27)25-16-15-24(14-13-23-11-5-6-12-23)19-8-2-3-9-20(19)25/h1-4,7-10H,5-6,11-16H2. The molecular formula is C21H24N4O2S. The van der Waals surface area contributed by atoms with Crippen molar-refractivity contribution in [2.45, 2.75) is 17.7 Å². The summed E-state index contributed by atoms with van der Waals surface area (Å²) >= 11 is 0. The van der Waals surface area contributed by atoms with Gasteiger partial charge < -0.3 is 9.80 Å². The number of nitrogens with zero attached hydrogens (tertiary/aromatic N) is 4. The lowest BCUT2D eigenvalue weighted by Crippen LogP contribution is -2.46. The van der Waals surface area contributed by atoms with Gasteiger partial charge in [-0.05, 0) is 50.2 Å². The first-order valence-electron chi connectivity index (χ1n) is 9.69. The zero-order valence-corrected chi connectivity index (χ0v) is 16.6. The topological polar surface area (TPSA) is 67.6 Å². The smallest absolute Gasteiger partial charge is 0.265 e. The van der Waals surface area contributed by atoms with Gasteiger partial charge >= 0.3 is 0 Å². The lowest BCUT2D eigenvalue weighted by Gasteiger charge is -2.38. The summed E-state index contributed by atoms with van der Waals surface area (Å²) in [7, 11) is -3.80. The number of hydrogen-bond donors (Lipinski definition) is 0. The van der Waals surface area contributed by atoms with Crippen molar-refractivity contribution >= 4 is 21.4 Å². The summed E-state index contributed by atoms with van der Waals surface area (Å²) < 4.78 is 28.2. The van der Waals surface area contributed by atoms with Gasteiger partial charge in [-0.25, -0.2) is 8.42 Å². The molecule has 0 amide bonds. The highest BCUT2D eigenvalue weighted by atomic mass is 32.2. The van der Waals surface area contributed by atoms with Gasteiger partial charge in [0.05, 0.1) is 23.5 Å². The third-order valence-corrected chi connectivity index (χ3v) is 7.40. The maximum absolute atomic E-state index is 13.4. The number of anilines is 2. The van der Waals surface area contributed by atoms with Crippen LogP contribution < -0.4 is 9.21 Å². The second-order valence-corrected chi connectivity index (χ2v) is 9.04. The molecule has 2 heterocycles. The van der Waals surface area contributed by atoms with E-state index < -0.39 is 10.0 Å². The van der Waals surface area contributed by atoms with E-state index in [-0.39, 0.29) is 10.5 Å². The Morgan fingerprint density at radius 1 is 0.857 bits per heavy atom. The van der Waals surface area contributed by atoms with Gasteiger partial charge in [0.15, 0.2) is 0 Å². The van der Waals surface area contributed by atoms with Crippen LogP contribution in [0.4, 0.5) is 11.4 Å². The van der Waals surface area contributed by atoms with Crippen LogP contribution >= 0.6 is 0 Å². The third-order valence-electron chi connectivity index (χ3n) is 5.52. The fraction of sp³-hybridized carbons (Fsp3) is 0.381. The van der Waals surface area contributed by atoms with Crippen molar-refractivity contribution in [2.75, 3.05) is 48.5 Å². The number of fused-ring (bicyclic) bond motifs is 1. The molecule has 0 radical (unpaired) electrons. The van der Waals surface area contributed by atoms with Gasteiger partial charge in [-0.3, -0.25) is 4.31 Å². The molecule has 1 saturated heterocycles. The predicted molar refractivity (Wildman–Crippen MR) is 110 cm³/mol. The van der Waals surface area contributed by atoms with Crippen molar-refractivity contribution in [3.63, 3.8) is 0 Å². The van der Waals surface area contributed by atoms with Crippen molar-refractivity contribution in [1.82, 2.24) is 4.90 Å². The molecule has 0 spiro atoms. The number of para-hydroxylation sites is 2. The Kier molecular flexibility index (Phi) is 5.25. The quantitative estimate of drug-likeness (QED) is 0.777. The van der Waals surface area contributed by atoms with E-state index in [9.17, 15) is 13.7 Å². The van der Waals surface area contributed by atoms with E-state index in [2.05, 4.69) is 9.80 Å². The molecule has 2 aliphatic heterocycles. The molecule has 0 aliphatic carbocycles. The van der Waals surface area contributed by atoms with E-state index in [0.717, 1.165) is 31.9 Å². The van der Waals surface area contributed by atoms with Gasteiger partial charge in [0.1, 0.15) is 11.0 Å². The highest BCUT2D eigenvalue weighted by molar-refractivity contribution is 7.93. The van der Waals surface area contributed by atoms with E-state index in [1.54, 1.807) is 18.2 Å². The number of rotatable bonds is 5. The van der Waals surface area contributed by atoms with Crippen LogP contribution in [0.5, 0.6) is 0 Å². The maximum atomic E-state index is 13.4. The van der Waals surface area contributed by atoms with Gasteiger partial charge in [0, 0.05) is 19.6 Å². The molecule has 0 unspecified atom stereocenters. The number of hydrogen-bond acceptors (Lipinski definition) is 5. The van der Waals surface area contributed by atoms with Gasteiger partial charge in [-0.2, -0.15) is 5.26 Å². The summed E-state index contributed by atoms with van der Waals surface area (Å²) in [6.07, 6.45) is 2.53. The van der Waals surface area contributed by atoms with Gasteiger partial charge in [0.2, 0.25) is 0 Å². The third kappa shape index (κ3) is 3.46. The van der Waals surface area contributed by atoms with Gasteiger partial charge in [-0.1, -0.05) is 24.3 Å². The highest BCUT2D eigenvalue weighted by Gasteiger charge is 2.33. The summed E-state index contributed by atoms with van der Waals surface area (Å²) in [6.45, 7) is 5.21. The van der Waals surface area contributed by atoms with Crippen molar-refractivity contribution in [2.24, 2.45) is 0 Å². The monoisotopic (exact) mass is 396 g/mol. The number of sulfonamides is 1. The normalized spacial score (nSPS) is 17.4. The molecule has 2 aliphatic rings. The molecule has 2 aromatic carbocycles. The zero-order chi connectivity index (χ0) is 19.6. The minimum Gasteiger partial charge on any atom is -0.367 e. The van der Waals surface area contributed by atoms with Crippen molar-refractivity contribution < 1.29 is 8.42 Å². The number of nitriles is 1. The lowest BCUT2D eigenvalue weighted by atomic mass is 10.2. The van der Waals surface area contributed by atoms with Crippen molar-refractivity contribution in [3.8, 4) is 6.07 Å². The van der Waals surface area contributed by atoms with Gasteiger partial charge in [-0.15, -0.1) is 0 Å². The Hall–Kier alpha value is -2.56. The Morgan fingerprint density at radius 2 is 1.54 bits per heavy atom. The van der Waals surface area contributed by atoms with Gasteiger partial charge in [0.25, 0.3) is 10.0 Å². The second kappa shape index (κ2) is 7.82. The first-order valence-corrected chi connectivity index (χ1v) is 11.1. The molecule has 28 heavy (non-hydrogen) atoms. The number of benzene rings is 2. The molecule has 6 nitrogen and oxygen atoms in total. The second-order valence-electron chi connectivity index (χ2n) is 7.21. The average molecular weight is 397 g/mol. The molecule has 7 heteroatoms. The molecule has 146 valence electrons. The fourth-order valence-electron chi connectivity index (χ4n) is 4.05. The SMILES string of the molecule is N#Cc1ccccc1S(=O)(=O)N1CCN(CCN2CCCC2)c2ccccc21. The first-order chi connectivity index (χ1) is 13.6. The summed E-state index contributed by atoms with van der Waals surface area (Å²) in [5, 5.41) is 9.35. The Balaban J connectivity index is 1.64. The lowest BCUT2D eigenvalue weighted by molar-refractivity contribution is 0.344. The molecule has 0 bridgehead atoms. The Bertz CT molecular complexity index is 993. The predicted octanol–water partition coefficient (Wildman–Crippen LogP) is 2.67. The molecular weight excluding hydrogens is 372 g/mol. The van der Waals surface area contributed by atoms with E-state index in [0.29, 0.717) is 18.8 Å². The van der Waals surface area contributed by atoms with Crippen LogP contribution in [-0.4, -0.2) is 52.6 Å². The summed E-state index contributed by atoms with van der Waals surface area (Å²) in [4.78, 5) is 4.81. The summed E-state index contributed by atoms with van der Waals surface area (Å²) in [5.74, 6) is 0. The van der Waals surface area contributed by atoms with Crippen molar-refractivity contribution in [3.05, 3.63) is 54.1 Å². The molecule has 2 aromatic rings. The molecule has 0 saturated carbocycles. The molecule has 0 aromatic heterocycles.